The molecule has 0 saturated heterocycles. The van der Waals surface area contributed by atoms with Crippen molar-refractivity contribution in [2.45, 2.75) is 13.5 Å². The maximum Gasteiger partial charge on any atom is 0.106 e. The molecule has 3 heteroatoms. The van der Waals surface area contributed by atoms with Gasteiger partial charge in [0.15, 0.2) is 0 Å². The zero-order valence-electron chi connectivity index (χ0n) is 12.0. The van der Waals surface area contributed by atoms with Gasteiger partial charge in [0, 0.05) is 18.3 Å². The van der Waals surface area contributed by atoms with Crippen LogP contribution in [-0.4, -0.2) is 21.3 Å². The third kappa shape index (κ3) is 2.88. The molecule has 1 heterocycles. The molecule has 1 N–H and O–H groups in total. The van der Waals surface area contributed by atoms with Crippen molar-refractivity contribution in [2.75, 3.05) is 6.61 Å². The molecule has 0 bridgehead atoms. The van der Waals surface area contributed by atoms with Gasteiger partial charge in [-0.05, 0) is 18.1 Å². The second-order valence-corrected chi connectivity index (χ2v) is 5.03. The van der Waals surface area contributed by atoms with Gasteiger partial charge in [0.25, 0.3) is 0 Å². The van der Waals surface area contributed by atoms with E-state index in [4.69, 9.17) is 5.11 Å². The highest BCUT2D eigenvalue weighted by Gasteiger charge is 2.06. The van der Waals surface area contributed by atoms with Crippen molar-refractivity contribution in [1.82, 2.24) is 9.55 Å². The van der Waals surface area contributed by atoms with Crippen molar-refractivity contribution >= 4 is 0 Å². The van der Waals surface area contributed by atoms with E-state index < -0.39 is 0 Å². The summed E-state index contributed by atoms with van der Waals surface area (Å²) in [6.07, 6.45) is 1.99. The number of rotatable bonds is 4. The van der Waals surface area contributed by atoms with Gasteiger partial charge in [0.1, 0.15) is 5.82 Å². The molecule has 0 spiro atoms. The van der Waals surface area contributed by atoms with E-state index in [2.05, 4.69) is 41.4 Å². The molecule has 21 heavy (non-hydrogen) atoms. The minimum atomic E-state index is 0.129. The molecule has 106 valence electrons. The Morgan fingerprint density at radius 3 is 2.19 bits per heavy atom. The smallest absolute Gasteiger partial charge is 0.106 e. The molecule has 3 rings (SSSR count). The summed E-state index contributed by atoms with van der Waals surface area (Å²) in [7, 11) is 0. The topological polar surface area (TPSA) is 38.0 Å². The number of nitrogens with zero attached hydrogens (tertiary/aromatic N) is 2. The van der Waals surface area contributed by atoms with Gasteiger partial charge in [0.2, 0.25) is 0 Å². The van der Waals surface area contributed by atoms with E-state index in [-0.39, 0.29) is 6.61 Å². The van der Waals surface area contributed by atoms with E-state index in [0.717, 1.165) is 17.1 Å². The predicted molar refractivity (Wildman–Crippen MR) is 84.9 cm³/mol. The first-order valence-corrected chi connectivity index (χ1v) is 7.08. The zero-order valence-corrected chi connectivity index (χ0v) is 12.0. The van der Waals surface area contributed by atoms with E-state index in [9.17, 15) is 0 Å². The van der Waals surface area contributed by atoms with Gasteiger partial charge in [-0.15, -0.1) is 0 Å². The zero-order chi connectivity index (χ0) is 14.7. The molecule has 3 aromatic rings. The normalized spacial score (nSPS) is 10.8. The van der Waals surface area contributed by atoms with E-state index in [1.807, 2.05) is 35.9 Å². The van der Waals surface area contributed by atoms with Crippen LogP contribution < -0.4 is 0 Å². The van der Waals surface area contributed by atoms with Gasteiger partial charge in [-0.3, -0.25) is 0 Å². The Morgan fingerprint density at radius 2 is 1.52 bits per heavy atom. The number of benzene rings is 2. The number of aliphatic hydroxyl groups excluding tert-OH is 1. The first-order valence-electron chi connectivity index (χ1n) is 7.08. The van der Waals surface area contributed by atoms with E-state index in [0.29, 0.717) is 6.54 Å². The number of hydrogen-bond donors (Lipinski definition) is 1. The van der Waals surface area contributed by atoms with Gasteiger partial charge in [-0.1, -0.05) is 54.6 Å². The molecule has 0 saturated carbocycles. The minimum Gasteiger partial charge on any atom is -0.395 e. The molecule has 0 unspecified atom stereocenters. The molecule has 0 aliphatic carbocycles. The molecular weight excluding hydrogens is 260 g/mol. The van der Waals surface area contributed by atoms with E-state index >= 15 is 0 Å². The lowest BCUT2D eigenvalue weighted by Crippen LogP contribution is -2.02. The summed E-state index contributed by atoms with van der Waals surface area (Å²) < 4.78 is 1.97. The largest absolute Gasteiger partial charge is 0.395 e. The molecule has 2 aromatic carbocycles. The van der Waals surface area contributed by atoms with Crippen LogP contribution in [-0.2, 0) is 6.54 Å². The summed E-state index contributed by atoms with van der Waals surface area (Å²) >= 11 is 0. The Hall–Kier alpha value is -2.39. The van der Waals surface area contributed by atoms with Gasteiger partial charge in [-0.25, -0.2) is 4.98 Å². The summed E-state index contributed by atoms with van der Waals surface area (Å²) in [5, 5.41) is 9.04. The fourth-order valence-electron chi connectivity index (χ4n) is 2.45. The van der Waals surface area contributed by atoms with Crippen molar-refractivity contribution in [3.63, 3.8) is 0 Å². The number of aryl methyl sites for hydroxylation is 1. The van der Waals surface area contributed by atoms with Crippen LogP contribution in [0.1, 0.15) is 5.82 Å². The van der Waals surface area contributed by atoms with Crippen molar-refractivity contribution in [2.24, 2.45) is 0 Å². The Balaban J connectivity index is 1.89. The highest BCUT2D eigenvalue weighted by atomic mass is 16.3. The summed E-state index contributed by atoms with van der Waals surface area (Å²) in [5.41, 5.74) is 4.45. The second-order valence-electron chi connectivity index (χ2n) is 5.03. The molecule has 3 nitrogen and oxygen atoms in total. The maximum atomic E-state index is 9.04. The van der Waals surface area contributed by atoms with Gasteiger partial charge in [-0.2, -0.15) is 0 Å². The molecule has 0 radical (unpaired) electrons. The summed E-state index contributed by atoms with van der Waals surface area (Å²) in [4.78, 5) is 4.55. The molecule has 0 atom stereocenters. The van der Waals surface area contributed by atoms with Crippen LogP contribution in [0.25, 0.3) is 22.4 Å². The molecule has 1 aromatic heterocycles. The Morgan fingerprint density at radius 1 is 0.905 bits per heavy atom. The first-order chi connectivity index (χ1) is 10.3. The highest BCUT2D eigenvalue weighted by molar-refractivity contribution is 5.68. The Kier molecular flexibility index (Phi) is 3.84. The number of hydrogen-bond acceptors (Lipinski definition) is 2. The highest BCUT2D eigenvalue weighted by Crippen LogP contribution is 2.24. The van der Waals surface area contributed by atoms with Crippen LogP contribution in [0.15, 0.2) is 60.8 Å². The van der Waals surface area contributed by atoms with Crippen LogP contribution in [0.4, 0.5) is 0 Å². The third-order valence-corrected chi connectivity index (χ3v) is 3.60. The van der Waals surface area contributed by atoms with Crippen LogP contribution in [0.3, 0.4) is 0 Å². The monoisotopic (exact) mass is 278 g/mol. The van der Waals surface area contributed by atoms with Gasteiger partial charge < -0.3 is 9.67 Å². The van der Waals surface area contributed by atoms with Crippen molar-refractivity contribution in [1.29, 1.82) is 0 Å². The lowest BCUT2D eigenvalue weighted by Gasteiger charge is -2.02. The van der Waals surface area contributed by atoms with Crippen molar-refractivity contribution < 1.29 is 5.11 Å². The van der Waals surface area contributed by atoms with Crippen LogP contribution >= 0.6 is 0 Å². The lowest BCUT2D eigenvalue weighted by atomic mass is 10.0. The molecule has 0 aliphatic rings. The standard InChI is InChI=1S/C18H18N2O/c1-14-19-18(13-20(14)11-12-21)17-9-7-16(8-10-17)15-5-3-2-4-6-15/h2-10,13,21H,11-12H2,1H3. The maximum absolute atomic E-state index is 9.04. The summed E-state index contributed by atoms with van der Waals surface area (Å²) in [5.74, 6) is 0.922. The molecule has 0 fully saturated rings. The first kappa shape index (κ1) is 13.6. The van der Waals surface area contributed by atoms with Crippen molar-refractivity contribution in [3.8, 4) is 22.4 Å². The third-order valence-electron chi connectivity index (χ3n) is 3.60. The quantitative estimate of drug-likeness (QED) is 0.793. The van der Waals surface area contributed by atoms with Crippen LogP contribution in [0.5, 0.6) is 0 Å². The Labute approximate surface area is 124 Å². The molecule has 0 aliphatic heterocycles. The van der Waals surface area contributed by atoms with E-state index in [1.54, 1.807) is 0 Å². The minimum absolute atomic E-state index is 0.129. The fourth-order valence-corrected chi connectivity index (χ4v) is 2.45. The van der Waals surface area contributed by atoms with Gasteiger partial charge >= 0.3 is 0 Å². The summed E-state index contributed by atoms with van der Waals surface area (Å²) in [6.45, 7) is 2.67. The number of imidazole rings is 1. The van der Waals surface area contributed by atoms with Crippen molar-refractivity contribution in [3.05, 3.63) is 66.6 Å². The molecule has 0 amide bonds. The predicted octanol–water partition coefficient (Wildman–Crippen LogP) is 3.52. The van der Waals surface area contributed by atoms with Crippen LogP contribution in [0.2, 0.25) is 0 Å². The Bertz CT molecular complexity index is 715. The van der Waals surface area contributed by atoms with Crippen LogP contribution in [0, 0.1) is 6.92 Å². The lowest BCUT2D eigenvalue weighted by molar-refractivity contribution is 0.275. The van der Waals surface area contributed by atoms with E-state index in [1.165, 1.54) is 11.1 Å². The molecular formula is C18H18N2O. The second kappa shape index (κ2) is 5.94. The fraction of sp³-hybridized carbons (Fsp3) is 0.167. The number of aliphatic hydroxyl groups is 1. The number of aromatic nitrogens is 2. The van der Waals surface area contributed by atoms with Gasteiger partial charge in [0.05, 0.1) is 12.3 Å². The SMILES string of the molecule is Cc1nc(-c2ccc(-c3ccccc3)cc2)cn1CCO. The average molecular weight is 278 g/mol. The summed E-state index contributed by atoms with van der Waals surface area (Å²) in [6, 6.07) is 18.7. The average Bonchev–Trinajstić information content (AvgIpc) is 2.90.